The molecule has 0 atom stereocenters. The van der Waals surface area contributed by atoms with Crippen LogP contribution in [0.15, 0.2) is 164 Å². The van der Waals surface area contributed by atoms with Gasteiger partial charge in [0.2, 0.25) is 0 Å². The number of fused-ring (bicyclic) bond motifs is 8. The van der Waals surface area contributed by atoms with Crippen molar-refractivity contribution < 1.29 is 0 Å². The third kappa shape index (κ3) is 4.07. The molecule has 0 amide bonds. The third-order valence-corrected chi connectivity index (χ3v) is 9.91. The van der Waals surface area contributed by atoms with E-state index >= 15 is 0 Å². The summed E-state index contributed by atoms with van der Waals surface area (Å²) in [5.74, 6) is 0. The average molecular weight is 578 g/mol. The molecule has 0 aliphatic carbocycles. The lowest BCUT2D eigenvalue weighted by molar-refractivity contribution is 1.28. The van der Waals surface area contributed by atoms with E-state index < -0.39 is 0 Å². The highest BCUT2D eigenvalue weighted by atomic mass is 32.1. The Morgan fingerprint density at radius 2 is 0.977 bits per heavy atom. The zero-order valence-electron chi connectivity index (χ0n) is 23.9. The Labute approximate surface area is 259 Å². The minimum atomic E-state index is 1.14. The van der Waals surface area contributed by atoms with Crippen LogP contribution < -0.4 is 4.90 Å². The molecule has 0 aliphatic rings. The lowest BCUT2D eigenvalue weighted by Crippen LogP contribution is -2.09. The lowest BCUT2D eigenvalue weighted by atomic mass is 9.93. The number of hydrogen-bond donors (Lipinski definition) is 0. The van der Waals surface area contributed by atoms with Crippen LogP contribution in [0.5, 0.6) is 0 Å². The Morgan fingerprint density at radius 3 is 1.75 bits per heavy atom. The summed E-state index contributed by atoms with van der Waals surface area (Å²) in [4.78, 5) is 2.32. The molecule has 0 saturated heterocycles. The SMILES string of the molecule is c1ccc(N(c2ccccc2)c2cccc(-c3ccc4c(ccc5ccc6cc7sc8ccccc8c7cc6c54)c3)c2)cc1. The highest BCUT2D eigenvalue weighted by Gasteiger charge is 2.14. The van der Waals surface area contributed by atoms with Crippen molar-refractivity contribution in [3.8, 4) is 11.1 Å². The van der Waals surface area contributed by atoms with Gasteiger partial charge in [-0.25, -0.2) is 0 Å². The van der Waals surface area contributed by atoms with E-state index in [4.69, 9.17) is 0 Å². The van der Waals surface area contributed by atoms with E-state index in [2.05, 4.69) is 169 Å². The van der Waals surface area contributed by atoms with Gasteiger partial charge in [-0.1, -0.05) is 103 Å². The van der Waals surface area contributed by atoms with Crippen molar-refractivity contribution in [2.75, 3.05) is 4.90 Å². The fourth-order valence-corrected chi connectivity index (χ4v) is 7.85. The largest absolute Gasteiger partial charge is 0.310 e. The monoisotopic (exact) mass is 577 g/mol. The van der Waals surface area contributed by atoms with E-state index in [0.29, 0.717) is 0 Å². The smallest absolute Gasteiger partial charge is 0.0467 e. The van der Waals surface area contributed by atoms with Gasteiger partial charge in [0, 0.05) is 37.2 Å². The molecule has 1 nitrogen and oxygen atoms in total. The van der Waals surface area contributed by atoms with Gasteiger partial charge in [0.25, 0.3) is 0 Å². The quantitative estimate of drug-likeness (QED) is 0.188. The molecule has 0 N–H and O–H groups in total. The van der Waals surface area contributed by atoms with Crippen LogP contribution in [0, 0.1) is 0 Å². The first-order valence-electron chi connectivity index (χ1n) is 15.0. The molecule has 1 heterocycles. The summed E-state index contributed by atoms with van der Waals surface area (Å²) in [7, 11) is 0. The van der Waals surface area contributed by atoms with Gasteiger partial charge in [-0.2, -0.15) is 0 Å². The van der Waals surface area contributed by atoms with E-state index in [9.17, 15) is 0 Å². The minimum absolute atomic E-state index is 1.14. The van der Waals surface area contributed by atoms with Crippen molar-refractivity contribution >= 4 is 80.9 Å². The molecule has 0 spiro atoms. The number of nitrogens with zero attached hydrogens (tertiary/aromatic N) is 1. The fourth-order valence-electron chi connectivity index (χ4n) is 6.71. The van der Waals surface area contributed by atoms with Gasteiger partial charge >= 0.3 is 0 Å². The van der Waals surface area contributed by atoms with Gasteiger partial charge in [-0.15, -0.1) is 11.3 Å². The second kappa shape index (κ2) is 10.1. The van der Waals surface area contributed by atoms with Crippen LogP contribution in [0.25, 0.3) is 63.6 Å². The molecule has 8 aromatic carbocycles. The molecular formula is C42H27NS. The third-order valence-electron chi connectivity index (χ3n) is 8.78. The molecule has 9 aromatic rings. The topological polar surface area (TPSA) is 3.24 Å². The Morgan fingerprint density at radius 1 is 0.341 bits per heavy atom. The maximum Gasteiger partial charge on any atom is 0.0467 e. The molecule has 1 aromatic heterocycles. The van der Waals surface area contributed by atoms with E-state index in [1.807, 2.05) is 11.3 Å². The van der Waals surface area contributed by atoms with Gasteiger partial charge in [-0.3, -0.25) is 0 Å². The second-order valence-corrected chi connectivity index (χ2v) is 12.5. The molecule has 2 heteroatoms. The standard InChI is InChI=1S/C42H27NS/c1-3-11-33(12-4-1)43(34-13-5-2-6-14-34)35-15-9-10-29(25-35)30-22-23-36-31(24-30)20-18-28-19-21-32-26-41-39(27-38(32)42(28)36)37-16-7-8-17-40(37)44-41/h1-27H. The first kappa shape index (κ1) is 25.1. The average Bonchev–Trinajstić information content (AvgIpc) is 3.45. The van der Waals surface area contributed by atoms with Crippen LogP contribution in [0.3, 0.4) is 0 Å². The zero-order chi connectivity index (χ0) is 29.0. The molecule has 0 bridgehead atoms. The normalized spacial score (nSPS) is 11.6. The first-order valence-corrected chi connectivity index (χ1v) is 15.8. The van der Waals surface area contributed by atoms with Crippen LogP contribution in [-0.2, 0) is 0 Å². The molecule has 0 aliphatic heterocycles. The molecule has 0 unspecified atom stereocenters. The summed E-state index contributed by atoms with van der Waals surface area (Å²) < 4.78 is 2.69. The van der Waals surface area contributed by atoms with Crippen LogP contribution in [0.2, 0.25) is 0 Å². The van der Waals surface area contributed by atoms with Gasteiger partial charge in [0.05, 0.1) is 0 Å². The van der Waals surface area contributed by atoms with Crippen LogP contribution in [-0.4, -0.2) is 0 Å². The van der Waals surface area contributed by atoms with Crippen molar-refractivity contribution in [3.63, 3.8) is 0 Å². The van der Waals surface area contributed by atoms with Gasteiger partial charge in [-0.05, 0) is 104 Å². The fraction of sp³-hybridized carbons (Fsp3) is 0. The minimum Gasteiger partial charge on any atom is -0.310 e. The van der Waals surface area contributed by atoms with Gasteiger partial charge in [0.1, 0.15) is 0 Å². The van der Waals surface area contributed by atoms with Crippen LogP contribution >= 0.6 is 11.3 Å². The van der Waals surface area contributed by atoms with Crippen molar-refractivity contribution in [3.05, 3.63) is 164 Å². The second-order valence-electron chi connectivity index (χ2n) is 11.4. The zero-order valence-corrected chi connectivity index (χ0v) is 24.8. The number of hydrogen-bond acceptors (Lipinski definition) is 2. The highest BCUT2D eigenvalue weighted by Crippen LogP contribution is 2.41. The number of para-hydroxylation sites is 2. The van der Waals surface area contributed by atoms with Crippen molar-refractivity contribution in [2.45, 2.75) is 0 Å². The van der Waals surface area contributed by atoms with Gasteiger partial charge in [0.15, 0.2) is 0 Å². The number of anilines is 3. The molecule has 206 valence electrons. The summed E-state index contributed by atoms with van der Waals surface area (Å²) in [5.41, 5.74) is 5.83. The number of benzene rings is 8. The summed E-state index contributed by atoms with van der Waals surface area (Å²) in [6.07, 6.45) is 0. The van der Waals surface area contributed by atoms with Crippen LogP contribution in [0.4, 0.5) is 17.1 Å². The molecular weight excluding hydrogens is 551 g/mol. The number of thiophene rings is 1. The molecule has 0 saturated carbocycles. The number of rotatable bonds is 4. The summed E-state index contributed by atoms with van der Waals surface area (Å²) in [5, 5.41) is 10.5. The Bertz CT molecular complexity index is 2450. The van der Waals surface area contributed by atoms with E-state index in [1.54, 1.807) is 0 Å². The Hall–Kier alpha value is -5.44. The van der Waals surface area contributed by atoms with Gasteiger partial charge < -0.3 is 4.90 Å². The van der Waals surface area contributed by atoms with E-state index in [-0.39, 0.29) is 0 Å². The highest BCUT2D eigenvalue weighted by molar-refractivity contribution is 7.25. The van der Waals surface area contributed by atoms with Crippen LogP contribution in [0.1, 0.15) is 0 Å². The predicted octanol–water partition coefficient (Wildman–Crippen LogP) is 12.7. The summed E-state index contributed by atoms with van der Waals surface area (Å²) >= 11 is 1.88. The predicted molar refractivity (Wildman–Crippen MR) is 192 cm³/mol. The Kier molecular flexibility index (Phi) is 5.75. The van der Waals surface area contributed by atoms with Crippen molar-refractivity contribution in [1.82, 2.24) is 0 Å². The molecule has 44 heavy (non-hydrogen) atoms. The van der Waals surface area contributed by atoms with E-state index in [0.717, 1.165) is 17.1 Å². The van der Waals surface area contributed by atoms with E-state index in [1.165, 1.54) is 63.6 Å². The molecule has 0 radical (unpaired) electrons. The molecule has 0 fully saturated rings. The van der Waals surface area contributed by atoms with Crippen molar-refractivity contribution in [1.29, 1.82) is 0 Å². The van der Waals surface area contributed by atoms with Crippen molar-refractivity contribution in [2.24, 2.45) is 0 Å². The lowest BCUT2D eigenvalue weighted by Gasteiger charge is -2.26. The molecule has 9 rings (SSSR count). The maximum atomic E-state index is 2.42. The summed E-state index contributed by atoms with van der Waals surface area (Å²) in [6, 6.07) is 59.7. The summed E-state index contributed by atoms with van der Waals surface area (Å²) in [6.45, 7) is 0. The first-order chi connectivity index (χ1) is 21.8. The Balaban J connectivity index is 1.20. The maximum absolute atomic E-state index is 2.42.